The Balaban J connectivity index is 2.05. The van der Waals surface area contributed by atoms with Crippen LogP contribution in [0.3, 0.4) is 0 Å². The van der Waals surface area contributed by atoms with Crippen LogP contribution in [-0.2, 0) is 4.79 Å². The zero-order chi connectivity index (χ0) is 17.7. The van der Waals surface area contributed by atoms with Crippen molar-refractivity contribution < 1.29 is 9.53 Å². The molecule has 0 saturated heterocycles. The van der Waals surface area contributed by atoms with Crippen LogP contribution in [0, 0.1) is 13.8 Å². The number of carbonyl (C=O) groups excluding carboxylic acids is 1. The van der Waals surface area contributed by atoms with Crippen molar-refractivity contribution in [2.45, 2.75) is 46.3 Å². The van der Waals surface area contributed by atoms with Gasteiger partial charge in [-0.2, -0.15) is 0 Å². The summed E-state index contributed by atoms with van der Waals surface area (Å²) in [5.74, 6) is 0.362. The SMILES string of the molecule is CC[C@H](NC(=O)[C@@H](C)Oc1ccccc1Cl)c1ccc(C)c(C)c1. The lowest BCUT2D eigenvalue weighted by Crippen LogP contribution is -2.38. The monoisotopic (exact) mass is 345 g/mol. The fraction of sp³-hybridized carbons (Fsp3) is 0.350. The second kappa shape index (κ2) is 8.20. The number of halogens is 1. The van der Waals surface area contributed by atoms with Crippen LogP contribution in [0.25, 0.3) is 0 Å². The number of ether oxygens (including phenoxy) is 1. The number of nitrogens with one attached hydrogen (secondary N) is 1. The van der Waals surface area contributed by atoms with Crippen molar-refractivity contribution in [2.24, 2.45) is 0 Å². The number of hydrogen-bond donors (Lipinski definition) is 1. The summed E-state index contributed by atoms with van der Waals surface area (Å²) in [6.45, 7) is 7.94. The third-order valence-corrected chi connectivity index (χ3v) is 4.48. The Bertz CT molecular complexity index is 715. The van der Waals surface area contributed by atoms with E-state index in [0.717, 1.165) is 12.0 Å². The normalized spacial score (nSPS) is 13.2. The fourth-order valence-electron chi connectivity index (χ4n) is 2.48. The van der Waals surface area contributed by atoms with Crippen molar-refractivity contribution in [1.82, 2.24) is 5.32 Å². The van der Waals surface area contributed by atoms with Crippen molar-refractivity contribution in [2.75, 3.05) is 0 Å². The summed E-state index contributed by atoms with van der Waals surface area (Å²) in [5, 5.41) is 3.56. The molecule has 2 rings (SSSR count). The molecule has 0 spiro atoms. The quantitative estimate of drug-likeness (QED) is 0.800. The molecule has 0 aliphatic heterocycles. The van der Waals surface area contributed by atoms with E-state index >= 15 is 0 Å². The topological polar surface area (TPSA) is 38.3 Å². The van der Waals surface area contributed by atoms with Crippen molar-refractivity contribution >= 4 is 17.5 Å². The van der Waals surface area contributed by atoms with Crippen LogP contribution in [0.5, 0.6) is 5.75 Å². The molecule has 0 unspecified atom stereocenters. The molecule has 3 nitrogen and oxygen atoms in total. The first-order valence-corrected chi connectivity index (χ1v) is 8.59. The second-order valence-electron chi connectivity index (χ2n) is 6.00. The Morgan fingerprint density at radius 3 is 2.50 bits per heavy atom. The molecule has 24 heavy (non-hydrogen) atoms. The van der Waals surface area contributed by atoms with Crippen molar-refractivity contribution in [1.29, 1.82) is 0 Å². The summed E-state index contributed by atoms with van der Waals surface area (Å²) in [7, 11) is 0. The van der Waals surface area contributed by atoms with Crippen LogP contribution in [0.2, 0.25) is 5.02 Å². The van der Waals surface area contributed by atoms with Gasteiger partial charge in [0.15, 0.2) is 6.10 Å². The molecule has 2 atom stereocenters. The molecular formula is C20H24ClNO2. The minimum Gasteiger partial charge on any atom is -0.479 e. The number of aryl methyl sites for hydroxylation is 2. The summed E-state index contributed by atoms with van der Waals surface area (Å²) < 4.78 is 5.69. The molecule has 0 heterocycles. The van der Waals surface area contributed by atoms with Gasteiger partial charge >= 0.3 is 0 Å². The van der Waals surface area contributed by atoms with Crippen molar-refractivity contribution in [3.8, 4) is 5.75 Å². The van der Waals surface area contributed by atoms with Gasteiger partial charge in [0.05, 0.1) is 11.1 Å². The van der Waals surface area contributed by atoms with Gasteiger partial charge in [0.1, 0.15) is 5.75 Å². The van der Waals surface area contributed by atoms with Gasteiger partial charge in [-0.25, -0.2) is 0 Å². The van der Waals surface area contributed by atoms with E-state index in [1.165, 1.54) is 11.1 Å². The molecule has 0 aromatic heterocycles. The van der Waals surface area contributed by atoms with Crippen LogP contribution in [0.4, 0.5) is 0 Å². The Morgan fingerprint density at radius 1 is 1.17 bits per heavy atom. The number of hydrogen-bond acceptors (Lipinski definition) is 2. The number of amides is 1. The number of carbonyl (C=O) groups is 1. The molecule has 0 bridgehead atoms. The average molecular weight is 346 g/mol. The standard InChI is InChI=1S/C20H24ClNO2/c1-5-18(16-11-10-13(2)14(3)12-16)22-20(23)15(4)24-19-9-7-6-8-17(19)21/h6-12,15,18H,5H2,1-4H3,(H,22,23)/t15-,18+/m1/s1. The molecule has 1 N–H and O–H groups in total. The number of para-hydroxylation sites is 1. The number of rotatable bonds is 6. The largest absolute Gasteiger partial charge is 0.479 e. The lowest BCUT2D eigenvalue weighted by atomic mass is 9.99. The van der Waals surface area contributed by atoms with Crippen molar-refractivity contribution in [3.63, 3.8) is 0 Å². The highest BCUT2D eigenvalue weighted by Gasteiger charge is 2.20. The van der Waals surface area contributed by atoms with E-state index in [4.69, 9.17) is 16.3 Å². The van der Waals surface area contributed by atoms with Gasteiger partial charge in [0.2, 0.25) is 0 Å². The van der Waals surface area contributed by atoms with Gasteiger partial charge < -0.3 is 10.1 Å². The molecule has 1 amide bonds. The molecule has 0 aliphatic rings. The average Bonchev–Trinajstić information content (AvgIpc) is 2.57. The molecule has 0 saturated carbocycles. The van der Waals surface area contributed by atoms with Crippen molar-refractivity contribution in [3.05, 3.63) is 64.2 Å². The van der Waals surface area contributed by atoms with E-state index in [1.807, 2.05) is 12.1 Å². The highest BCUT2D eigenvalue weighted by Crippen LogP contribution is 2.25. The van der Waals surface area contributed by atoms with Gasteiger partial charge in [-0.1, -0.05) is 48.9 Å². The fourth-order valence-corrected chi connectivity index (χ4v) is 2.66. The first kappa shape index (κ1) is 18.3. The van der Waals surface area contributed by atoms with Gasteiger partial charge in [-0.05, 0) is 56.0 Å². The van der Waals surface area contributed by atoms with Gasteiger partial charge in [-0.15, -0.1) is 0 Å². The summed E-state index contributed by atoms with van der Waals surface area (Å²) in [4.78, 5) is 12.5. The predicted molar refractivity (Wildman–Crippen MR) is 98.6 cm³/mol. The van der Waals surface area contributed by atoms with Gasteiger partial charge in [-0.3, -0.25) is 4.79 Å². The Labute approximate surface area is 149 Å². The maximum Gasteiger partial charge on any atom is 0.261 e. The van der Waals surface area contributed by atoms with Gasteiger partial charge in [0, 0.05) is 0 Å². The summed E-state index contributed by atoms with van der Waals surface area (Å²) >= 11 is 6.08. The molecular weight excluding hydrogens is 322 g/mol. The molecule has 2 aromatic carbocycles. The molecule has 0 radical (unpaired) electrons. The van der Waals surface area contributed by atoms with E-state index in [-0.39, 0.29) is 11.9 Å². The molecule has 128 valence electrons. The third-order valence-electron chi connectivity index (χ3n) is 4.17. The second-order valence-corrected chi connectivity index (χ2v) is 6.41. The Kier molecular flexibility index (Phi) is 6.27. The summed E-state index contributed by atoms with van der Waals surface area (Å²) in [6.07, 6.45) is 0.193. The smallest absolute Gasteiger partial charge is 0.261 e. The number of benzene rings is 2. The predicted octanol–water partition coefficient (Wildman–Crippen LogP) is 4.99. The van der Waals surface area contributed by atoms with Crippen LogP contribution < -0.4 is 10.1 Å². The van der Waals surface area contributed by atoms with E-state index in [2.05, 4.69) is 44.3 Å². The maximum atomic E-state index is 12.5. The van der Waals surface area contributed by atoms with E-state index < -0.39 is 6.10 Å². The first-order chi connectivity index (χ1) is 11.4. The Morgan fingerprint density at radius 2 is 1.88 bits per heavy atom. The van der Waals surface area contributed by atoms with Gasteiger partial charge in [0.25, 0.3) is 5.91 Å². The van der Waals surface area contributed by atoms with Crippen LogP contribution in [0.15, 0.2) is 42.5 Å². The highest BCUT2D eigenvalue weighted by molar-refractivity contribution is 6.32. The zero-order valence-corrected chi connectivity index (χ0v) is 15.4. The molecule has 0 fully saturated rings. The molecule has 0 aliphatic carbocycles. The lowest BCUT2D eigenvalue weighted by molar-refractivity contribution is -0.128. The van der Waals surface area contributed by atoms with E-state index in [1.54, 1.807) is 19.1 Å². The first-order valence-electron chi connectivity index (χ1n) is 8.21. The van der Waals surface area contributed by atoms with E-state index in [0.29, 0.717) is 10.8 Å². The minimum absolute atomic E-state index is 0.0332. The maximum absolute atomic E-state index is 12.5. The Hall–Kier alpha value is -2.00. The van der Waals surface area contributed by atoms with E-state index in [9.17, 15) is 4.79 Å². The molecule has 4 heteroatoms. The van der Waals surface area contributed by atoms with Crippen LogP contribution in [0.1, 0.15) is 43.0 Å². The summed E-state index contributed by atoms with van der Waals surface area (Å²) in [6, 6.07) is 13.4. The van der Waals surface area contributed by atoms with Crippen LogP contribution >= 0.6 is 11.6 Å². The zero-order valence-electron chi connectivity index (χ0n) is 14.6. The highest BCUT2D eigenvalue weighted by atomic mass is 35.5. The summed E-state index contributed by atoms with van der Waals surface area (Å²) in [5.41, 5.74) is 3.58. The minimum atomic E-state index is -0.620. The lowest BCUT2D eigenvalue weighted by Gasteiger charge is -2.22. The third kappa shape index (κ3) is 4.51. The molecule has 2 aromatic rings. The van der Waals surface area contributed by atoms with Crippen LogP contribution in [-0.4, -0.2) is 12.0 Å².